The lowest BCUT2D eigenvalue weighted by molar-refractivity contribution is -0.136. The molecule has 1 aliphatic rings. The summed E-state index contributed by atoms with van der Waals surface area (Å²) in [6, 6.07) is -0.545. The van der Waals surface area contributed by atoms with Gasteiger partial charge >= 0.3 is 0 Å². The van der Waals surface area contributed by atoms with Crippen molar-refractivity contribution in [3.05, 3.63) is 6.33 Å². The second-order valence-corrected chi connectivity index (χ2v) is 6.90. The molecule has 4 atom stereocenters. The molecule has 0 aliphatic heterocycles. The van der Waals surface area contributed by atoms with Crippen molar-refractivity contribution in [2.24, 2.45) is 5.41 Å². The lowest BCUT2D eigenvalue weighted by Crippen LogP contribution is -2.45. The maximum atomic E-state index is 12.2. The predicted molar refractivity (Wildman–Crippen MR) is 89.4 cm³/mol. The van der Waals surface area contributed by atoms with Gasteiger partial charge in [-0.25, -0.2) is 15.0 Å². The van der Waals surface area contributed by atoms with Gasteiger partial charge in [0.15, 0.2) is 16.6 Å². The van der Waals surface area contributed by atoms with E-state index < -0.39 is 23.7 Å². The van der Waals surface area contributed by atoms with E-state index in [1.54, 1.807) is 11.5 Å². The normalized spacial score (nSPS) is 30.0. The van der Waals surface area contributed by atoms with Crippen LogP contribution in [0.5, 0.6) is 0 Å². The van der Waals surface area contributed by atoms with E-state index in [1.807, 2.05) is 6.26 Å². The molecular formula is C14H20N6O3S. The fourth-order valence-corrected chi connectivity index (χ4v) is 3.66. The van der Waals surface area contributed by atoms with E-state index >= 15 is 0 Å². The molecule has 1 amide bonds. The quantitative estimate of drug-likeness (QED) is 0.430. The Morgan fingerprint density at radius 3 is 2.83 bits per heavy atom. The highest BCUT2D eigenvalue weighted by atomic mass is 32.2. The molecule has 3 rings (SSSR count). The Bertz CT molecular complexity index is 796. The summed E-state index contributed by atoms with van der Waals surface area (Å²) in [7, 11) is 1.51. The van der Waals surface area contributed by atoms with Gasteiger partial charge in [-0.2, -0.15) is 0 Å². The van der Waals surface area contributed by atoms with E-state index in [0.717, 1.165) is 0 Å². The van der Waals surface area contributed by atoms with Crippen LogP contribution in [0.4, 0.5) is 5.82 Å². The molecule has 2 aromatic rings. The van der Waals surface area contributed by atoms with E-state index in [9.17, 15) is 15.0 Å². The summed E-state index contributed by atoms with van der Waals surface area (Å²) >= 11 is 1.34. The topological polar surface area (TPSA) is 139 Å². The number of rotatable bonds is 3. The van der Waals surface area contributed by atoms with E-state index in [-0.39, 0.29) is 18.1 Å². The first-order valence-electron chi connectivity index (χ1n) is 7.45. The molecule has 5 N–H and O–H groups in total. The van der Waals surface area contributed by atoms with Gasteiger partial charge in [-0.3, -0.25) is 4.79 Å². The third-order valence-electron chi connectivity index (χ3n) is 4.72. The van der Waals surface area contributed by atoms with Gasteiger partial charge in [0.2, 0.25) is 5.91 Å². The van der Waals surface area contributed by atoms with Crippen molar-refractivity contribution in [1.29, 1.82) is 0 Å². The molecule has 0 spiro atoms. The van der Waals surface area contributed by atoms with Crippen LogP contribution >= 0.6 is 11.8 Å². The Kier molecular flexibility index (Phi) is 4.14. The summed E-state index contributed by atoms with van der Waals surface area (Å²) in [5.41, 5.74) is 5.72. The zero-order valence-electron chi connectivity index (χ0n) is 13.6. The Morgan fingerprint density at radius 2 is 2.21 bits per heavy atom. The molecule has 9 nitrogen and oxygen atoms in total. The van der Waals surface area contributed by atoms with Crippen molar-refractivity contribution < 1.29 is 15.0 Å². The van der Waals surface area contributed by atoms with Crippen LogP contribution in [0.2, 0.25) is 0 Å². The Labute approximate surface area is 142 Å². The minimum atomic E-state index is -1.20. The summed E-state index contributed by atoms with van der Waals surface area (Å²) < 4.78 is 1.66. The molecule has 1 saturated carbocycles. The van der Waals surface area contributed by atoms with Crippen LogP contribution in [0.3, 0.4) is 0 Å². The number of anilines is 1. The first-order valence-corrected chi connectivity index (χ1v) is 8.68. The molecule has 2 unspecified atom stereocenters. The predicted octanol–water partition coefficient (Wildman–Crippen LogP) is -0.451. The first-order chi connectivity index (χ1) is 11.3. The lowest BCUT2D eigenvalue weighted by atomic mass is 9.85. The second kappa shape index (κ2) is 5.87. The van der Waals surface area contributed by atoms with Crippen LogP contribution in [0.25, 0.3) is 11.2 Å². The summed E-state index contributed by atoms with van der Waals surface area (Å²) in [6.07, 6.45) is 1.27. The third kappa shape index (κ3) is 2.33. The van der Waals surface area contributed by atoms with Gasteiger partial charge in [-0.15, -0.1) is 0 Å². The highest BCUT2D eigenvalue weighted by molar-refractivity contribution is 7.98. The number of hydrogen-bond acceptors (Lipinski definition) is 8. The lowest BCUT2D eigenvalue weighted by Gasteiger charge is -2.26. The Hall–Kier alpha value is -1.91. The monoisotopic (exact) mass is 352 g/mol. The summed E-state index contributed by atoms with van der Waals surface area (Å²) in [5, 5.41) is 23.9. The summed E-state index contributed by atoms with van der Waals surface area (Å²) in [4.78, 5) is 24.9. The average molecular weight is 352 g/mol. The van der Waals surface area contributed by atoms with E-state index in [4.69, 9.17) is 5.73 Å². The van der Waals surface area contributed by atoms with Crippen LogP contribution in [0, 0.1) is 5.41 Å². The number of aliphatic hydroxyl groups excluding tert-OH is 2. The molecular weight excluding hydrogens is 332 g/mol. The van der Waals surface area contributed by atoms with Gasteiger partial charge in [0.05, 0.1) is 23.9 Å². The number of aliphatic hydroxyl groups is 2. The molecule has 1 aliphatic carbocycles. The van der Waals surface area contributed by atoms with Crippen molar-refractivity contribution in [3.8, 4) is 0 Å². The number of aromatic nitrogens is 4. The fourth-order valence-electron chi connectivity index (χ4n) is 3.29. The standard InChI is InChI=1S/C14H20N6O3S/c1-14(12(23)16-2)4-6(8(21)9(14)22)20-5-17-7-10(15)18-13(24-3)19-11(7)20/h5-6,8-9,21-22H,4H2,1-3H3,(H,16,23)(H2,15,18,19)/t6-,8?,9?,14+/m1/s1. The number of nitrogen functional groups attached to an aromatic ring is 1. The van der Waals surface area contributed by atoms with Crippen LogP contribution in [0.15, 0.2) is 11.5 Å². The van der Waals surface area contributed by atoms with E-state index in [2.05, 4.69) is 20.3 Å². The number of hydrogen-bond donors (Lipinski definition) is 4. The molecule has 0 bridgehead atoms. The number of fused-ring (bicyclic) bond motifs is 1. The fraction of sp³-hybridized carbons (Fsp3) is 0.571. The molecule has 130 valence electrons. The Balaban J connectivity index is 2.08. The van der Waals surface area contributed by atoms with Gasteiger partial charge in [0, 0.05) is 7.05 Å². The van der Waals surface area contributed by atoms with Crippen LogP contribution in [0.1, 0.15) is 19.4 Å². The highest BCUT2D eigenvalue weighted by Gasteiger charge is 2.54. The van der Waals surface area contributed by atoms with Crippen LogP contribution < -0.4 is 11.1 Å². The van der Waals surface area contributed by atoms with Crippen molar-refractivity contribution in [2.75, 3.05) is 19.0 Å². The minimum Gasteiger partial charge on any atom is -0.389 e. The maximum absolute atomic E-state index is 12.2. The number of amides is 1. The van der Waals surface area contributed by atoms with Crippen LogP contribution in [-0.2, 0) is 4.79 Å². The molecule has 0 aromatic carbocycles. The van der Waals surface area contributed by atoms with Crippen molar-refractivity contribution in [2.45, 2.75) is 36.8 Å². The third-order valence-corrected chi connectivity index (χ3v) is 5.26. The number of nitrogens with two attached hydrogens (primary N) is 1. The van der Waals surface area contributed by atoms with E-state index in [0.29, 0.717) is 16.3 Å². The molecule has 2 aromatic heterocycles. The summed E-state index contributed by atoms with van der Waals surface area (Å²) in [6.45, 7) is 1.63. The van der Waals surface area contributed by atoms with Crippen molar-refractivity contribution >= 4 is 34.7 Å². The number of imidazole rings is 1. The molecule has 24 heavy (non-hydrogen) atoms. The van der Waals surface area contributed by atoms with Crippen LogP contribution in [-0.4, -0.2) is 61.2 Å². The summed E-state index contributed by atoms with van der Waals surface area (Å²) in [5.74, 6) is -0.0647. The second-order valence-electron chi connectivity index (χ2n) is 6.12. The van der Waals surface area contributed by atoms with E-state index in [1.165, 1.54) is 25.1 Å². The number of nitrogens with one attached hydrogen (secondary N) is 1. The maximum Gasteiger partial charge on any atom is 0.228 e. The minimum absolute atomic E-state index is 0.249. The molecule has 0 saturated heterocycles. The van der Waals surface area contributed by atoms with Gasteiger partial charge in [0.1, 0.15) is 11.6 Å². The molecule has 2 heterocycles. The SMILES string of the molecule is CNC(=O)[C@@]1(C)C[C@@H](n2cnc3c(N)nc(SC)nc32)C(O)C1O. The number of carbonyl (C=O) groups excluding carboxylic acids is 1. The first kappa shape index (κ1) is 16.9. The molecule has 10 heteroatoms. The van der Waals surface area contributed by atoms with Crippen molar-refractivity contribution in [1.82, 2.24) is 24.8 Å². The largest absolute Gasteiger partial charge is 0.389 e. The molecule has 1 fully saturated rings. The molecule has 0 radical (unpaired) electrons. The van der Waals surface area contributed by atoms with Crippen molar-refractivity contribution in [3.63, 3.8) is 0 Å². The smallest absolute Gasteiger partial charge is 0.228 e. The van der Waals surface area contributed by atoms with Gasteiger partial charge < -0.3 is 25.8 Å². The Morgan fingerprint density at radius 1 is 1.50 bits per heavy atom. The zero-order valence-corrected chi connectivity index (χ0v) is 14.4. The number of carbonyl (C=O) groups is 1. The number of thioether (sulfide) groups is 1. The van der Waals surface area contributed by atoms with Gasteiger partial charge in [-0.1, -0.05) is 11.8 Å². The van der Waals surface area contributed by atoms with Gasteiger partial charge in [-0.05, 0) is 19.6 Å². The van der Waals surface area contributed by atoms with Gasteiger partial charge in [0.25, 0.3) is 0 Å². The zero-order chi connectivity index (χ0) is 17.6. The average Bonchev–Trinajstić information content (AvgIpc) is 3.09. The number of nitrogens with zero attached hydrogens (tertiary/aromatic N) is 4. The highest BCUT2D eigenvalue weighted by Crippen LogP contribution is 2.45.